The first-order valence-corrected chi connectivity index (χ1v) is 7.30. The van der Waals surface area contributed by atoms with Crippen molar-refractivity contribution in [3.05, 3.63) is 0 Å². The van der Waals surface area contributed by atoms with Crippen molar-refractivity contribution in [1.82, 2.24) is 15.8 Å². The number of hydrogen-bond donors (Lipinski definition) is 3. The molecule has 0 atom stereocenters. The number of hydrazine groups is 1. The van der Waals surface area contributed by atoms with Crippen molar-refractivity contribution in [2.24, 2.45) is 11.7 Å². The summed E-state index contributed by atoms with van der Waals surface area (Å²) in [6, 6.07) is 0.341. The molecule has 1 saturated heterocycles. The lowest BCUT2D eigenvalue weighted by Crippen LogP contribution is -2.53. The third kappa shape index (κ3) is 4.14. The van der Waals surface area contributed by atoms with E-state index in [1.54, 1.807) is 0 Å². The zero-order chi connectivity index (χ0) is 12.8. The maximum atomic E-state index is 11.8. The van der Waals surface area contributed by atoms with Crippen LogP contribution in [0.25, 0.3) is 0 Å². The Kier molecular flexibility index (Phi) is 5.26. The Balaban J connectivity index is 1.65. The number of nitrogens with one attached hydrogen (secondary N) is 2. The molecule has 5 nitrogen and oxygen atoms in total. The summed E-state index contributed by atoms with van der Waals surface area (Å²) < 4.78 is 0. The molecule has 1 aliphatic carbocycles. The summed E-state index contributed by atoms with van der Waals surface area (Å²) in [5.74, 6) is 0.629. The molecule has 104 valence electrons. The standard InChI is InChI=1S/C13H26N4O/c14-10-11-6-8-17(9-7-11)16-13(18)15-12-4-2-1-3-5-12/h11-12H,1-10,14H2,(H2,15,16,18). The van der Waals surface area contributed by atoms with Gasteiger partial charge in [-0.2, -0.15) is 0 Å². The summed E-state index contributed by atoms with van der Waals surface area (Å²) in [5, 5.41) is 5.09. The number of carbonyl (C=O) groups is 1. The van der Waals surface area contributed by atoms with E-state index in [0.717, 1.165) is 45.3 Å². The lowest BCUT2D eigenvalue weighted by atomic mass is 9.96. The lowest BCUT2D eigenvalue weighted by Gasteiger charge is -2.32. The molecule has 18 heavy (non-hydrogen) atoms. The van der Waals surface area contributed by atoms with Gasteiger partial charge < -0.3 is 11.1 Å². The first-order chi connectivity index (χ1) is 8.78. The van der Waals surface area contributed by atoms with Gasteiger partial charge in [0, 0.05) is 19.1 Å². The third-order valence-electron chi connectivity index (χ3n) is 4.15. The third-order valence-corrected chi connectivity index (χ3v) is 4.15. The molecule has 2 aliphatic rings. The summed E-state index contributed by atoms with van der Waals surface area (Å²) in [6.45, 7) is 2.60. The second-order valence-electron chi connectivity index (χ2n) is 5.59. The van der Waals surface area contributed by atoms with Gasteiger partial charge in [-0.3, -0.25) is 5.43 Å². The molecule has 1 aliphatic heterocycles. The average molecular weight is 254 g/mol. The van der Waals surface area contributed by atoms with Crippen LogP contribution in [0.3, 0.4) is 0 Å². The minimum Gasteiger partial charge on any atom is -0.334 e. The fourth-order valence-electron chi connectivity index (χ4n) is 2.89. The molecule has 0 bridgehead atoms. The molecule has 4 N–H and O–H groups in total. The predicted octanol–water partition coefficient (Wildman–Crippen LogP) is 1.20. The van der Waals surface area contributed by atoms with Crippen molar-refractivity contribution in [2.75, 3.05) is 19.6 Å². The SMILES string of the molecule is NCC1CCN(NC(=O)NC2CCCCC2)CC1. The molecule has 1 saturated carbocycles. The quantitative estimate of drug-likeness (QED) is 0.709. The van der Waals surface area contributed by atoms with E-state index in [9.17, 15) is 4.79 Å². The normalized spacial score (nSPS) is 23.8. The van der Waals surface area contributed by atoms with Crippen LogP contribution in [0.4, 0.5) is 4.79 Å². The van der Waals surface area contributed by atoms with Gasteiger partial charge in [-0.25, -0.2) is 9.80 Å². The van der Waals surface area contributed by atoms with Gasteiger partial charge in [0.15, 0.2) is 0 Å². The Morgan fingerprint density at radius 2 is 1.78 bits per heavy atom. The summed E-state index contributed by atoms with van der Waals surface area (Å²) in [7, 11) is 0. The molecule has 2 fully saturated rings. The zero-order valence-electron chi connectivity index (χ0n) is 11.2. The largest absolute Gasteiger partial charge is 0.334 e. The van der Waals surface area contributed by atoms with Crippen molar-refractivity contribution < 1.29 is 4.79 Å². The second kappa shape index (κ2) is 6.95. The molecule has 0 aromatic carbocycles. The van der Waals surface area contributed by atoms with Crippen LogP contribution in [-0.4, -0.2) is 36.7 Å². The minimum atomic E-state index is -0.0342. The first-order valence-electron chi connectivity index (χ1n) is 7.30. The minimum absolute atomic E-state index is 0.0342. The van der Waals surface area contributed by atoms with Crippen molar-refractivity contribution >= 4 is 6.03 Å². The van der Waals surface area contributed by atoms with Gasteiger partial charge in [-0.05, 0) is 38.1 Å². The fourth-order valence-corrected chi connectivity index (χ4v) is 2.89. The topological polar surface area (TPSA) is 70.4 Å². The van der Waals surface area contributed by atoms with Gasteiger partial charge in [-0.15, -0.1) is 0 Å². The number of nitrogens with zero attached hydrogens (tertiary/aromatic N) is 1. The summed E-state index contributed by atoms with van der Waals surface area (Å²) in [4.78, 5) is 11.8. The molecule has 0 aromatic rings. The highest BCUT2D eigenvalue weighted by atomic mass is 16.2. The van der Waals surface area contributed by atoms with E-state index in [-0.39, 0.29) is 6.03 Å². The van der Waals surface area contributed by atoms with Crippen molar-refractivity contribution in [3.63, 3.8) is 0 Å². The maximum Gasteiger partial charge on any atom is 0.329 e. The van der Waals surface area contributed by atoms with E-state index in [1.807, 2.05) is 5.01 Å². The zero-order valence-corrected chi connectivity index (χ0v) is 11.2. The first kappa shape index (κ1) is 13.6. The molecular weight excluding hydrogens is 228 g/mol. The van der Waals surface area contributed by atoms with Gasteiger partial charge in [0.05, 0.1) is 0 Å². The molecular formula is C13H26N4O. The Hall–Kier alpha value is -0.810. The molecule has 0 aromatic heterocycles. The molecule has 5 heteroatoms. The van der Waals surface area contributed by atoms with Crippen LogP contribution in [0.1, 0.15) is 44.9 Å². The van der Waals surface area contributed by atoms with E-state index in [0.29, 0.717) is 12.0 Å². The van der Waals surface area contributed by atoms with Crippen LogP contribution in [0, 0.1) is 5.92 Å². The maximum absolute atomic E-state index is 11.8. The number of hydrogen-bond acceptors (Lipinski definition) is 3. The Bertz CT molecular complexity index is 258. The second-order valence-corrected chi connectivity index (χ2v) is 5.59. The Morgan fingerprint density at radius 3 is 2.39 bits per heavy atom. The molecule has 1 heterocycles. The van der Waals surface area contributed by atoms with Crippen molar-refractivity contribution in [3.8, 4) is 0 Å². The summed E-state index contributed by atoms with van der Waals surface area (Å²) >= 11 is 0. The van der Waals surface area contributed by atoms with E-state index < -0.39 is 0 Å². The van der Waals surface area contributed by atoms with E-state index in [2.05, 4.69) is 10.7 Å². The van der Waals surface area contributed by atoms with Crippen LogP contribution in [0.5, 0.6) is 0 Å². The number of rotatable bonds is 3. The smallest absolute Gasteiger partial charge is 0.329 e. The number of nitrogens with two attached hydrogens (primary N) is 1. The van der Waals surface area contributed by atoms with Gasteiger partial charge in [0.2, 0.25) is 0 Å². The van der Waals surface area contributed by atoms with Crippen LogP contribution in [0.2, 0.25) is 0 Å². The molecule has 0 spiro atoms. The predicted molar refractivity (Wildman–Crippen MR) is 71.9 cm³/mol. The van der Waals surface area contributed by atoms with E-state index in [4.69, 9.17) is 5.73 Å². The number of urea groups is 1. The van der Waals surface area contributed by atoms with Gasteiger partial charge in [0.25, 0.3) is 0 Å². The Morgan fingerprint density at radius 1 is 1.11 bits per heavy atom. The van der Waals surface area contributed by atoms with Crippen LogP contribution in [-0.2, 0) is 0 Å². The highest BCUT2D eigenvalue weighted by molar-refractivity contribution is 5.73. The number of piperidine rings is 1. The lowest BCUT2D eigenvalue weighted by molar-refractivity contribution is 0.130. The Labute approximate surface area is 109 Å². The van der Waals surface area contributed by atoms with Gasteiger partial charge >= 0.3 is 6.03 Å². The summed E-state index contributed by atoms with van der Waals surface area (Å²) in [5.41, 5.74) is 8.61. The highest BCUT2D eigenvalue weighted by Gasteiger charge is 2.21. The number of amides is 2. The molecule has 2 amide bonds. The van der Waals surface area contributed by atoms with Gasteiger partial charge in [-0.1, -0.05) is 19.3 Å². The molecule has 0 unspecified atom stereocenters. The monoisotopic (exact) mass is 254 g/mol. The average Bonchev–Trinajstić information content (AvgIpc) is 2.40. The fraction of sp³-hybridized carbons (Fsp3) is 0.923. The number of carbonyl (C=O) groups excluding carboxylic acids is 1. The molecule has 0 radical (unpaired) electrons. The van der Waals surface area contributed by atoms with Crippen LogP contribution < -0.4 is 16.5 Å². The van der Waals surface area contributed by atoms with Crippen LogP contribution >= 0.6 is 0 Å². The van der Waals surface area contributed by atoms with E-state index in [1.165, 1.54) is 19.3 Å². The van der Waals surface area contributed by atoms with Gasteiger partial charge in [0.1, 0.15) is 0 Å². The summed E-state index contributed by atoms with van der Waals surface area (Å²) in [6.07, 6.45) is 8.22. The van der Waals surface area contributed by atoms with E-state index >= 15 is 0 Å². The van der Waals surface area contributed by atoms with Crippen molar-refractivity contribution in [2.45, 2.75) is 51.0 Å². The van der Waals surface area contributed by atoms with Crippen LogP contribution in [0.15, 0.2) is 0 Å². The highest BCUT2D eigenvalue weighted by Crippen LogP contribution is 2.17. The van der Waals surface area contributed by atoms with Crippen molar-refractivity contribution in [1.29, 1.82) is 0 Å². The molecule has 2 rings (SSSR count).